The summed E-state index contributed by atoms with van der Waals surface area (Å²) in [6, 6.07) is 10.8. The van der Waals surface area contributed by atoms with Crippen LogP contribution in [0.1, 0.15) is 10.4 Å². The molecule has 0 spiro atoms. The van der Waals surface area contributed by atoms with Gasteiger partial charge in [-0.05, 0) is 17.5 Å². The summed E-state index contributed by atoms with van der Waals surface area (Å²) in [6.45, 7) is 0. The second kappa shape index (κ2) is 5.71. The van der Waals surface area contributed by atoms with Crippen LogP contribution in [0.5, 0.6) is 0 Å². The average Bonchev–Trinajstić information content (AvgIpc) is 2.82. The number of hydrogen-bond acceptors (Lipinski definition) is 3. The van der Waals surface area contributed by atoms with Crippen LogP contribution >= 0.6 is 27.3 Å². The van der Waals surface area contributed by atoms with Gasteiger partial charge in [-0.15, -0.1) is 11.3 Å². The van der Waals surface area contributed by atoms with E-state index in [0.29, 0.717) is 5.56 Å². The van der Waals surface area contributed by atoms with Crippen LogP contribution in [-0.4, -0.2) is 15.7 Å². The van der Waals surface area contributed by atoms with Gasteiger partial charge in [-0.3, -0.25) is 9.00 Å². The van der Waals surface area contributed by atoms with Gasteiger partial charge < -0.3 is 0 Å². The van der Waals surface area contributed by atoms with Crippen molar-refractivity contribution in [1.29, 1.82) is 0 Å². The number of carbonyl (C=O) groups is 1. The van der Waals surface area contributed by atoms with E-state index in [1.807, 2.05) is 17.5 Å². The van der Waals surface area contributed by atoms with Gasteiger partial charge in [0.25, 0.3) is 0 Å². The molecule has 1 unspecified atom stereocenters. The monoisotopic (exact) mass is 328 g/mol. The maximum atomic E-state index is 12.0. The quantitative estimate of drug-likeness (QED) is 0.805. The molecule has 0 bridgehead atoms. The first-order valence-corrected chi connectivity index (χ1v) is 7.87. The highest BCUT2D eigenvalue weighted by molar-refractivity contribution is 9.10. The molecule has 0 saturated carbocycles. The van der Waals surface area contributed by atoms with Crippen LogP contribution in [-0.2, 0) is 10.8 Å². The number of hydrogen-bond donors (Lipinski definition) is 0. The molecule has 0 N–H and O–H groups in total. The maximum Gasteiger partial charge on any atom is 0.176 e. The van der Waals surface area contributed by atoms with E-state index in [4.69, 9.17) is 0 Å². The second-order valence-electron chi connectivity index (χ2n) is 3.32. The average molecular weight is 329 g/mol. The molecule has 0 aliphatic rings. The molecule has 2 aromatic rings. The molecule has 1 aromatic carbocycles. The first kappa shape index (κ1) is 12.7. The van der Waals surface area contributed by atoms with Gasteiger partial charge in [-0.25, -0.2) is 0 Å². The van der Waals surface area contributed by atoms with Crippen molar-refractivity contribution >= 4 is 43.8 Å². The van der Waals surface area contributed by atoms with Gasteiger partial charge in [0, 0.05) is 10.0 Å². The van der Waals surface area contributed by atoms with E-state index >= 15 is 0 Å². The largest absolute Gasteiger partial charge is 0.293 e. The minimum atomic E-state index is -1.24. The molecule has 1 aromatic heterocycles. The molecule has 0 radical (unpaired) electrons. The number of rotatable bonds is 4. The topological polar surface area (TPSA) is 34.1 Å². The van der Waals surface area contributed by atoms with Crippen molar-refractivity contribution in [2.45, 2.75) is 4.21 Å². The lowest BCUT2D eigenvalue weighted by atomic mass is 10.1. The highest BCUT2D eigenvalue weighted by Gasteiger charge is 2.14. The molecule has 0 aliphatic heterocycles. The Hall–Kier alpha value is -0.780. The third-order valence-electron chi connectivity index (χ3n) is 2.16. The molecule has 1 heterocycles. The zero-order valence-corrected chi connectivity index (χ0v) is 12.0. The highest BCUT2D eigenvalue weighted by Crippen LogP contribution is 2.19. The van der Waals surface area contributed by atoms with E-state index in [9.17, 15) is 9.00 Å². The summed E-state index contributed by atoms with van der Waals surface area (Å²) in [4.78, 5) is 12.0. The standard InChI is InChI=1S/C12H9BrO2S2/c13-10-5-2-1-4-9(10)11(14)8-17(15)12-6-3-7-16-12/h1-7H,8H2. The van der Waals surface area contributed by atoms with Crippen LogP contribution in [0.4, 0.5) is 0 Å². The summed E-state index contributed by atoms with van der Waals surface area (Å²) in [5, 5.41) is 1.86. The number of halogens is 1. The summed E-state index contributed by atoms with van der Waals surface area (Å²) in [5.41, 5.74) is 0.581. The molecule has 2 nitrogen and oxygen atoms in total. The van der Waals surface area contributed by atoms with Crippen molar-refractivity contribution in [3.05, 3.63) is 51.8 Å². The summed E-state index contributed by atoms with van der Waals surface area (Å²) < 4.78 is 13.4. The van der Waals surface area contributed by atoms with Crippen molar-refractivity contribution in [2.24, 2.45) is 0 Å². The third kappa shape index (κ3) is 3.12. The molecule has 88 valence electrons. The Kier molecular flexibility index (Phi) is 4.25. The first-order chi connectivity index (χ1) is 8.18. The Labute approximate surface area is 114 Å². The lowest BCUT2D eigenvalue weighted by Gasteiger charge is -2.02. The van der Waals surface area contributed by atoms with Crippen LogP contribution in [0, 0.1) is 0 Å². The van der Waals surface area contributed by atoms with Gasteiger partial charge in [0.2, 0.25) is 0 Å². The molecular weight excluding hydrogens is 320 g/mol. The molecule has 0 aliphatic carbocycles. The van der Waals surface area contributed by atoms with Crippen LogP contribution in [0.15, 0.2) is 50.5 Å². The smallest absolute Gasteiger partial charge is 0.176 e. The first-order valence-electron chi connectivity index (χ1n) is 4.88. The van der Waals surface area contributed by atoms with Crippen molar-refractivity contribution in [3.8, 4) is 0 Å². The Morgan fingerprint density at radius 1 is 1.24 bits per heavy atom. The van der Waals surface area contributed by atoms with Crippen molar-refractivity contribution in [1.82, 2.24) is 0 Å². The van der Waals surface area contributed by atoms with Gasteiger partial charge in [0.15, 0.2) is 5.78 Å². The fourth-order valence-corrected chi connectivity index (χ4v) is 3.84. The van der Waals surface area contributed by atoms with E-state index in [1.165, 1.54) is 11.3 Å². The minimum Gasteiger partial charge on any atom is -0.293 e. The third-order valence-corrected chi connectivity index (χ3v) is 5.46. The van der Waals surface area contributed by atoms with Crippen molar-refractivity contribution < 1.29 is 9.00 Å². The lowest BCUT2D eigenvalue weighted by molar-refractivity contribution is 0.102. The van der Waals surface area contributed by atoms with Gasteiger partial charge >= 0.3 is 0 Å². The van der Waals surface area contributed by atoms with Gasteiger partial charge in [0.1, 0.15) is 0 Å². The number of benzene rings is 1. The predicted molar refractivity (Wildman–Crippen MR) is 74.1 cm³/mol. The minimum absolute atomic E-state index is 0.0309. The Bertz CT molecular complexity index is 549. The fourth-order valence-electron chi connectivity index (χ4n) is 1.35. The lowest BCUT2D eigenvalue weighted by Crippen LogP contribution is -2.10. The van der Waals surface area contributed by atoms with E-state index in [-0.39, 0.29) is 11.5 Å². The number of ketones is 1. The molecular formula is C12H9BrO2S2. The zero-order chi connectivity index (χ0) is 12.3. The van der Waals surface area contributed by atoms with Crippen LogP contribution in [0.2, 0.25) is 0 Å². The summed E-state index contributed by atoms with van der Waals surface area (Å²) >= 11 is 4.73. The molecule has 17 heavy (non-hydrogen) atoms. The van der Waals surface area contributed by atoms with E-state index in [0.717, 1.165) is 8.68 Å². The van der Waals surface area contributed by atoms with E-state index in [2.05, 4.69) is 15.9 Å². The van der Waals surface area contributed by atoms with Crippen LogP contribution < -0.4 is 0 Å². The zero-order valence-electron chi connectivity index (χ0n) is 8.76. The van der Waals surface area contributed by atoms with Gasteiger partial charge in [-0.2, -0.15) is 0 Å². The SMILES string of the molecule is O=C(CS(=O)c1cccs1)c1ccccc1Br. The Morgan fingerprint density at radius 2 is 2.00 bits per heavy atom. The number of Topliss-reactive ketones (excluding diaryl/α,β-unsaturated/α-hetero) is 1. The normalized spacial score (nSPS) is 12.3. The second-order valence-corrected chi connectivity index (χ2v) is 6.80. The summed E-state index contributed by atoms with van der Waals surface area (Å²) in [6.07, 6.45) is 0. The fraction of sp³-hybridized carbons (Fsp3) is 0.0833. The Balaban J connectivity index is 2.13. The molecule has 1 atom stereocenters. The highest BCUT2D eigenvalue weighted by atomic mass is 79.9. The predicted octanol–water partition coefficient (Wildman–Crippen LogP) is 3.50. The van der Waals surface area contributed by atoms with E-state index in [1.54, 1.807) is 24.3 Å². The van der Waals surface area contributed by atoms with Crippen molar-refractivity contribution in [3.63, 3.8) is 0 Å². The van der Waals surface area contributed by atoms with Crippen LogP contribution in [0.3, 0.4) is 0 Å². The number of carbonyl (C=O) groups excluding carboxylic acids is 1. The molecule has 0 saturated heterocycles. The maximum absolute atomic E-state index is 12.0. The van der Waals surface area contributed by atoms with Gasteiger partial charge in [-0.1, -0.05) is 40.2 Å². The summed E-state index contributed by atoms with van der Waals surface area (Å²) in [7, 11) is -1.24. The molecule has 0 amide bonds. The number of thiophene rings is 1. The Morgan fingerprint density at radius 3 is 2.65 bits per heavy atom. The molecule has 2 rings (SSSR count). The van der Waals surface area contributed by atoms with Crippen LogP contribution in [0.25, 0.3) is 0 Å². The summed E-state index contributed by atoms with van der Waals surface area (Å²) in [5.74, 6) is -0.0763. The van der Waals surface area contributed by atoms with Crippen molar-refractivity contribution in [2.75, 3.05) is 5.75 Å². The molecule has 0 fully saturated rings. The molecule has 5 heteroatoms. The van der Waals surface area contributed by atoms with E-state index < -0.39 is 10.8 Å². The van der Waals surface area contributed by atoms with Gasteiger partial charge in [0.05, 0.1) is 20.8 Å².